The SMILES string of the molecule is Cc1cccc(N2CCN([C@@H]3CS(=O)(=O)C[C@H]3S(=O)(=O)c3ccc(Cl)cc3)CC2)c1C. The molecule has 2 saturated heterocycles. The summed E-state index contributed by atoms with van der Waals surface area (Å²) in [6, 6.07) is 11.7. The smallest absolute Gasteiger partial charge is 0.183 e. The molecule has 9 heteroatoms. The number of nitrogens with zero attached hydrogens (tertiary/aromatic N) is 2. The zero-order chi connectivity index (χ0) is 22.4. The van der Waals surface area contributed by atoms with Crippen LogP contribution in [0.5, 0.6) is 0 Å². The Balaban J connectivity index is 1.55. The number of hydrogen-bond acceptors (Lipinski definition) is 6. The van der Waals surface area contributed by atoms with Crippen LogP contribution in [0.15, 0.2) is 47.4 Å². The minimum Gasteiger partial charge on any atom is -0.369 e. The Morgan fingerprint density at radius 1 is 0.935 bits per heavy atom. The molecule has 0 spiro atoms. The molecule has 2 aromatic carbocycles. The number of piperazine rings is 1. The van der Waals surface area contributed by atoms with Gasteiger partial charge in [0.1, 0.15) is 0 Å². The number of sulfone groups is 2. The first-order chi connectivity index (χ1) is 14.6. The molecule has 0 amide bonds. The Bertz CT molecular complexity index is 1170. The van der Waals surface area contributed by atoms with E-state index in [1.165, 1.54) is 41.1 Å². The normalized spacial score (nSPS) is 24.4. The van der Waals surface area contributed by atoms with E-state index in [4.69, 9.17) is 11.6 Å². The molecular weight excluding hydrogens is 456 g/mol. The number of benzene rings is 2. The van der Waals surface area contributed by atoms with E-state index in [1.807, 2.05) is 11.0 Å². The second kappa shape index (κ2) is 8.39. The van der Waals surface area contributed by atoms with Crippen LogP contribution in [-0.4, -0.2) is 70.7 Å². The van der Waals surface area contributed by atoms with Gasteiger partial charge in [-0.15, -0.1) is 0 Å². The van der Waals surface area contributed by atoms with Crippen molar-refractivity contribution in [2.24, 2.45) is 0 Å². The molecule has 2 atom stereocenters. The number of hydrogen-bond donors (Lipinski definition) is 0. The predicted octanol–water partition coefficient (Wildman–Crippen LogP) is 2.72. The van der Waals surface area contributed by atoms with Crippen molar-refractivity contribution in [3.05, 3.63) is 58.6 Å². The summed E-state index contributed by atoms with van der Waals surface area (Å²) >= 11 is 5.90. The third-order valence-corrected chi connectivity index (χ3v) is 10.9. The predicted molar refractivity (Wildman–Crippen MR) is 125 cm³/mol. The molecule has 0 aromatic heterocycles. The summed E-state index contributed by atoms with van der Waals surface area (Å²) in [6.07, 6.45) is 0. The van der Waals surface area contributed by atoms with Gasteiger partial charge in [0.25, 0.3) is 0 Å². The Kier molecular flexibility index (Phi) is 6.11. The van der Waals surface area contributed by atoms with E-state index >= 15 is 0 Å². The highest BCUT2D eigenvalue weighted by atomic mass is 35.5. The molecule has 0 saturated carbocycles. The van der Waals surface area contributed by atoms with Crippen molar-refractivity contribution in [2.75, 3.05) is 42.6 Å². The van der Waals surface area contributed by atoms with Crippen molar-refractivity contribution in [2.45, 2.75) is 30.0 Å². The number of halogens is 1. The van der Waals surface area contributed by atoms with Crippen molar-refractivity contribution in [3.63, 3.8) is 0 Å². The fraction of sp³-hybridized carbons (Fsp3) is 0.455. The average Bonchev–Trinajstić information content (AvgIpc) is 3.07. The summed E-state index contributed by atoms with van der Waals surface area (Å²) in [5.41, 5.74) is 3.66. The molecule has 0 N–H and O–H groups in total. The molecule has 2 aromatic rings. The lowest BCUT2D eigenvalue weighted by Gasteiger charge is -2.40. The number of anilines is 1. The second-order valence-corrected chi connectivity index (χ2v) is 13.2. The minimum absolute atomic E-state index is 0.117. The molecule has 31 heavy (non-hydrogen) atoms. The van der Waals surface area contributed by atoms with E-state index in [2.05, 4.69) is 30.9 Å². The van der Waals surface area contributed by atoms with Gasteiger partial charge in [0.2, 0.25) is 0 Å². The maximum atomic E-state index is 13.3. The van der Waals surface area contributed by atoms with E-state index in [9.17, 15) is 16.8 Å². The van der Waals surface area contributed by atoms with E-state index in [1.54, 1.807) is 0 Å². The third-order valence-electron chi connectivity index (χ3n) is 6.51. The van der Waals surface area contributed by atoms with Crippen molar-refractivity contribution < 1.29 is 16.8 Å². The molecule has 0 radical (unpaired) electrons. The first-order valence-electron chi connectivity index (χ1n) is 10.3. The van der Waals surface area contributed by atoms with Crippen LogP contribution in [0, 0.1) is 13.8 Å². The monoisotopic (exact) mass is 482 g/mol. The standard InChI is InChI=1S/C22H27ClN2O4S2/c1-16-4-3-5-20(17(16)2)24-10-12-25(13-11-24)21-14-30(26,27)15-22(21)31(28,29)19-8-6-18(23)7-9-19/h3-9,21-22H,10-15H2,1-2H3/t21-,22-/m1/s1. The first-order valence-corrected chi connectivity index (χ1v) is 14.1. The Morgan fingerprint density at radius 2 is 1.58 bits per heavy atom. The van der Waals surface area contributed by atoms with Crippen molar-refractivity contribution in [3.8, 4) is 0 Å². The van der Waals surface area contributed by atoms with E-state index < -0.39 is 31.0 Å². The molecule has 0 unspecified atom stereocenters. The summed E-state index contributed by atoms with van der Waals surface area (Å²) in [7, 11) is -7.23. The Labute approximate surface area is 189 Å². The summed E-state index contributed by atoms with van der Waals surface area (Å²) in [5.74, 6) is -0.451. The zero-order valence-electron chi connectivity index (χ0n) is 17.7. The van der Waals surface area contributed by atoms with E-state index in [-0.39, 0.29) is 16.4 Å². The maximum Gasteiger partial charge on any atom is 0.183 e. The number of aryl methyl sites for hydroxylation is 1. The topological polar surface area (TPSA) is 74.8 Å². The molecule has 2 aliphatic rings. The van der Waals surface area contributed by atoms with E-state index in [0.717, 1.165) is 13.1 Å². The van der Waals surface area contributed by atoms with Crippen LogP contribution in [0.25, 0.3) is 0 Å². The van der Waals surface area contributed by atoms with Crippen LogP contribution >= 0.6 is 11.6 Å². The van der Waals surface area contributed by atoms with Gasteiger partial charge in [0, 0.05) is 42.9 Å². The van der Waals surface area contributed by atoms with E-state index in [0.29, 0.717) is 18.1 Å². The van der Waals surface area contributed by atoms with Crippen molar-refractivity contribution in [1.29, 1.82) is 0 Å². The van der Waals surface area contributed by atoms with Gasteiger partial charge in [-0.25, -0.2) is 16.8 Å². The highest BCUT2D eigenvalue weighted by Crippen LogP contribution is 2.31. The maximum absolute atomic E-state index is 13.3. The summed E-state index contributed by atoms with van der Waals surface area (Å²) in [4.78, 5) is 4.47. The fourth-order valence-corrected chi connectivity index (χ4v) is 9.56. The van der Waals surface area contributed by atoms with Crippen LogP contribution < -0.4 is 4.90 Å². The van der Waals surface area contributed by atoms with Gasteiger partial charge in [0.15, 0.2) is 19.7 Å². The summed E-state index contributed by atoms with van der Waals surface area (Å²) < 4.78 is 51.6. The second-order valence-electron chi connectivity index (χ2n) is 8.42. The number of rotatable bonds is 4. The van der Waals surface area contributed by atoms with Gasteiger partial charge in [-0.05, 0) is 55.3 Å². The van der Waals surface area contributed by atoms with Gasteiger partial charge < -0.3 is 4.90 Å². The van der Waals surface area contributed by atoms with Crippen LogP contribution in [-0.2, 0) is 19.7 Å². The van der Waals surface area contributed by atoms with Crippen LogP contribution in [0.4, 0.5) is 5.69 Å². The molecule has 6 nitrogen and oxygen atoms in total. The molecular formula is C22H27ClN2O4S2. The largest absolute Gasteiger partial charge is 0.369 e. The highest BCUT2D eigenvalue weighted by molar-refractivity contribution is 7.96. The van der Waals surface area contributed by atoms with Crippen LogP contribution in [0.3, 0.4) is 0 Å². The molecule has 2 heterocycles. The van der Waals surface area contributed by atoms with Gasteiger partial charge in [-0.2, -0.15) is 0 Å². The lowest BCUT2D eigenvalue weighted by Crippen LogP contribution is -2.55. The lowest BCUT2D eigenvalue weighted by atomic mass is 10.1. The van der Waals surface area contributed by atoms with Crippen molar-refractivity contribution >= 4 is 37.0 Å². The van der Waals surface area contributed by atoms with Crippen LogP contribution in [0.1, 0.15) is 11.1 Å². The van der Waals surface area contributed by atoms with Gasteiger partial charge in [0.05, 0.1) is 21.7 Å². The van der Waals surface area contributed by atoms with Crippen molar-refractivity contribution in [1.82, 2.24) is 4.90 Å². The molecule has 0 aliphatic carbocycles. The zero-order valence-corrected chi connectivity index (χ0v) is 20.0. The quantitative estimate of drug-likeness (QED) is 0.667. The third kappa shape index (κ3) is 4.49. The van der Waals surface area contributed by atoms with Crippen LogP contribution in [0.2, 0.25) is 5.02 Å². The first kappa shape index (κ1) is 22.6. The fourth-order valence-electron chi connectivity index (χ4n) is 4.61. The molecule has 2 aliphatic heterocycles. The highest BCUT2D eigenvalue weighted by Gasteiger charge is 2.48. The van der Waals surface area contributed by atoms with Gasteiger partial charge in [-0.1, -0.05) is 23.7 Å². The van der Waals surface area contributed by atoms with Gasteiger partial charge in [-0.3, -0.25) is 4.90 Å². The Hall–Kier alpha value is -1.61. The average molecular weight is 483 g/mol. The summed E-state index contributed by atoms with van der Waals surface area (Å²) in [6.45, 7) is 6.91. The summed E-state index contributed by atoms with van der Waals surface area (Å²) in [5, 5.41) is -0.525. The molecule has 0 bridgehead atoms. The molecule has 4 rings (SSSR count). The minimum atomic E-state index is -3.80. The Morgan fingerprint density at radius 3 is 2.23 bits per heavy atom. The molecule has 168 valence electrons. The molecule has 2 fully saturated rings. The van der Waals surface area contributed by atoms with Gasteiger partial charge >= 0.3 is 0 Å². The lowest BCUT2D eigenvalue weighted by molar-refractivity contribution is 0.201.